The Bertz CT molecular complexity index is 812. The molecule has 114 valence electrons. The SMILES string of the molecule is COc1c2ccoc2c(C2(C(=O)O)CCCC2)c2ccoc12. The number of ether oxygens (including phenoxy) is 1. The highest BCUT2D eigenvalue weighted by Crippen LogP contribution is 2.50. The van der Waals surface area contributed by atoms with Crippen LogP contribution in [0.4, 0.5) is 0 Å². The van der Waals surface area contributed by atoms with Gasteiger partial charge >= 0.3 is 5.97 Å². The second kappa shape index (κ2) is 4.53. The van der Waals surface area contributed by atoms with E-state index in [1.807, 2.05) is 0 Å². The number of hydrogen-bond acceptors (Lipinski definition) is 4. The molecule has 2 aromatic heterocycles. The lowest BCUT2D eigenvalue weighted by Gasteiger charge is -2.25. The van der Waals surface area contributed by atoms with E-state index in [4.69, 9.17) is 13.6 Å². The van der Waals surface area contributed by atoms with Gasteiger partial charge in [-0.2, -0.15) is 0 Å². The molecule has 4 rings (SSSR count). The van der Waals surface area contributed by atoms with Crippen molar-refractivity contribution in [2.75, 3.05) is 7.11 Å². The van der Waals surface area contributed by atoms with Gasteiger partial charge < -0.3 is 18.7 Å². The first-order valence-electron chi connectivity index (χ1n) is 7.37. The Labute approximate surface area is 126 Å². The van der Waals surface area contributed by atoms with Gasteiger partial charge in [0.05, 0.1) is 30.4 Å². The van der Waals surface area contributed by atoms with E-state index in [2.05, 4.69) is 0 Å². The lowest BCUT2D eigenvalue weighted by Crippen LogP contribution is -2.33. The third-order valence-corrected chi connectivity index (χ3v) is 4.83. The van der Waals surface area contributed by atoms with Crippen LogP contribution in [0.3, 0.4) is 0 Å². The molecule has 1 fully saturated rings. The van der Waals surface area contributed by atoms with E-state index in [0.717, 1.165) is 29.2 Å². The molecule has 0 amide bonds. The number of carbonyl (C=O) groups is 1. The highest BCUT2D eigenvalue weighted by Gasteiger charge is 2.46. The van der Waals surface area contributed by atoms with Gasteiger partial charge in [0.2, 0.25) is 0 Å². The Balaban J connectivity index is 2.18. The molecule has 5 heteroatoms. The molecular formula is C17H16O5. The van der Waals surface area contributed by atoms with E-state index in [1.165, 1.54) is 0 Å². The molecule has 3 aromatic rings. The number of hydrogen-bond donors (Lipinski definition) is 1. The standard InChI is InChI=1S/C17H16O5/c1-20-14-11-5-9-21-13(11)12(10-4-8-22-15(10)14)17(16(18)19)6-2-3-7-17/h4-5,8-9H,2-3,6-7H2,1H3,(H,18,19). The first-order chi connectivity index (χ1) is 10.7. The monoisotopic (exact) mass is 300 g/mol. The fourth-order valence-corrected chi connectivity index (χ4v) is 3.84. The molecule has 1 aromatic carbocycles. The van der Waals surface area contributed by atoms with Gasteiger partial charge in [-0.1, -0.05) is 12.8 Å². The van der Waals surface area contributed by atoms with Gasteiger partial charge in [0.1, 0.15) is 5.58 Å². The van der Waals surface area contributed by atoms with E-state index >= 15 is 0 Å². The van der Waals surface area contributed by atoms with Gasteiger partial charge in [0, 0.05) is 10.9 Å². The van der Waals surface area contributed by atoms with Crippen LogP contribution in [0.15, 0.2) is 33.5 Å². The molecule has 1 saturated carbocycles. The molecular weight excluding hydrogens is 284 g/mol. The minimum Gasteiger partial charge on any atom is -0.492 e. The zero-order chi connectivity index (χ0) is 15.3. The quantitative estimate of drug-likeness (QED) is 0.789. The molecule has 1 N–H and O–H groups in total. The molecule has 0 radical (unpaired) electrons. The maximum absolute atomic E-state index is 12.1. The van der Waals surface area contributed by atoms with Crippen molar-refractivity contribution in [3.8, 4) is 5.75 Å². The summed E-state index contributed by atoms with van der Waals surface area (Å²) in [5, 5.41) is 11.5. The predicted molar refractivity (Wildman–Crippen MR) is 80.3 cm³/mol. The molecule has 1 aliphatic rings. The van der Waals surface area contributed by atoms with Crippen molar-refractivity contribution < 1.29 is 23.5 Å². The molecule has 0 unspecified atom stereocenters. The van der Waals surface area contributed by atoms with Crippen molar-refractivity contribution in [2.24, 2.45) is 0 Å². The van der Waals surface area contributed by atoms with Crippen LogP contribution in [0, 0.1) is 0 Å². The smallest absolute Gasteiger partial charge is 0.314 e. The summed E-state index contributed by atoms with van der Waals surface area (Å²) >= 11 is 0. The van der Waals surface area contributed by atoms with Gasteiger partial charge in [0.25, 0.3) is 0 Å². The third kappa shape index (κ3) is 1.51. The molecule has 0 aliphatic heterocycles. The molecule has 1 aliphatic carbocycles. The number of carboxylic acids is 1. The Morgan fingerprint density at radius 1 is 1.14 bits per heavy atom. The molecule has 0 bridgehead atoms. The summed E-state index contributed by atoms with van der Waals surface area (Å²) in [5.74, 6) is -0.207. The van der Waals surface area contributed by atoms with E-state index in [1.54, 1.807) is 31.8 Å². The van der Waals surface area contributed by atoms with Crippen molar-refractivity contribution in [1.82, 2.24) is 0 Å². The van der Waals surface area contributed by atoms with Crippen molar-refractivity contribution in [3.63, 3.8) is 0 Å². The molecule has 22 heavy (non-hydrogen) atoms. The summed E-state index contributed by atoms with van der Waals surface area (Å²) in [6, 6.07) is 3.60. The number of methoxy groups -OCH3 is 1. The number of aliphatic carboxylic acids is 1. The molecule has 2 heterocycles. The maximum atomic E-state index is 12.1. The van der Waals surface area contributed by atoms with E-state index in [-0.39, 0.29) is 0 Å². The van der Waals surface area contributed by atoms with Crippen molar-refractivity contribution in [1.29, 1.82) is 0 Å². The third-order valence-electron chi connectivity index (χ3n) is 4.83. The number of benzene rings is 1. The van der Waals surface area contributed by atoms with E-state index in [9.17, 15) is 9.90 Å². The van der Waals surface area contributed by atoms with Crippen LogP contribution in [0.25, 0.3) is 21.9 Å². The van der Waals surface area contributed by atoms with Crippen molar-refractivity contribution in [3.05, 3.63) is 30.2 Å². The minimum absolute atomic E-state index is 0.582. The van der Waals surface area contributed by atoms with Crippen LogP contribution in [0.1, 0.15) is 31.2 Å². The molecule has 0 spiro atoms. The highest BCUT2D eigenvalue weighted by atomic mass is 16.5. The average Bonchev–Trinajstić information content (AvgIpc) is 3.24. The van der Waals surface area contributed by atoms with Crippen LogP contribution < -0.4 is 4.74 Å². The van der Waals surface area contributed by atoms with Gasteiger partial charge in [-0.05, 0) is 25.0 Å². The first kappa shape index (κ1) is 13.2. The van der Waals surface area contributed by atoms with Crippen molar-refractivity contribution in [2.45, 2.75) is 31.1 Å². The molecule has 0 saturated heterocycles. The summed E-state index contributed by atoms with van der Waals surface area (Å²) in [5.41, 5.74) is 0.987. The average molecular weight is 300 g/mol. The Morgan fingerprint density at radius 2 is 1.77 bits per heavy atom. The lowest BCUT2D eigenvalue weighted by atomic mass is 9.76. The summed E-state index contributed by atoms with van der Waals surface area (Å²) in [6.45, 7) is 0. The topological polar surface area (TPSA) is 72.8 Å². The van der Waals surface area contributed by atoms with Crippen LogP contribution in [0.2, 0.25) is 0 Å². The second-order valence-corrected chi connectivity index (χ2v) is 5.83. The number of furan rings is 2. The number of carboxylic acid groups (broad SMARTS) is 1. The highest BCUT2D eigenvalue weighted by molar-refractivity contribution is 6.07. The lowest BCUT2D eigenvalue weighted by molar-refractivity contribution is -0.143. The summed E-state index contributed by atoms with van der Waals surface area (Å²) in [4.78, 5) is 12.1. The van der Waals surface area contributed by atoms with Crippen LogP contribution in [-0.4, -0.2) is 18.2 Å². The van der Waals surface area contributed by atoms with E-state index in [0.29, 0.717) is 29.8 Å². The van der Waals surface area contributed by atoms with Gasteiger partial charge in [0.15, 0.2) is 11.3 Å². The summed E-state index contributed by atoms with van der Waals surface area (Å²) in [6.07, 6.45) is 6.18. The Hall–Kier alpha value is -2.43. The fourth-order valence-electron chi connectivity index (χ4n) is 3.84. The van der Waals surface area contributed by atoms with Crippen LogP contribution >= 0.6 is 0 Å². The van der Waals surface area contributed by atoms with E-state index < -0.39 is 11.4 Å². The summed E-state index contributed by atoms with van der Waals surface area (Å²) < 4.78 is 16.7. The zero-order valence-electron chi connectivity index (χ0n) is 12.2. The largest absolute Gasteiger partial charge is 0.492 e. The Kier molecular flexibility index (Phi) is 2.73. The summed E-state index contributed by atoms with van der Waals surface area (Å²) in [7, 11) is 1.58. The number of fused-ring (bicyclic) bond motifs is 2. The minimum atomic E-state index is -0.912. The first-order valence-corrected chi connectivity index (χ1v) is 7.37. The molecule has 0 atom stereocenters. The van der Waals surface area contributed by atoms with Crippen LogP contribution in [-0.2, 0) is 10.2 Å². The van der Waals surface area contributed by atoms with Gasteiger partial charge in [-0.15, -0.1) is 0 Å². The van der Waals surface area contributed by atoms with Crippen molar-refractivity contribution >= 4 is 27.9 Å². The van der Waals surface area contributed by atoms with Gasteiger partial charge in [-0.3, -0.25) is 4.79 Å². The normalized spacial score (nSPS) is 17.3. The maximum Gasteiger partial charge on any atom is 0.314 e. The Morgan fingerprint density at radius 3 is 2.41 bits per heavy atom. The predicted octanol–water partition coefficient (Wildman–Crippen LogP) is 4.08. The fraction of sp³-hybridized carbons (Fsp3) is 0.353. The second-order valence-electron chi connectivity index (χ2n) is 5.83. The van der Waals surface area contributed by atoms with Crippen LogP contribution in [0.5, 0.6) is 5.75 Å². The van der Waals surface area contributed by atoms with Gasteiger partial charge in [-0.25, -0.2) is 0 Å². The number of rotatable bonds is 3. The molecule has 5 nitrogen and oxygen atoms in total. The zero-order valence-corrected chi connectivity index (χ0v) is 12.2.